The molecule has 0 aromatic heterocycles. The van der Waals surface area contributed by atoms with Gasteiger partial charge in [-0.1, -0.05) is 88.8 Å². The van der Waals surface area contributed by atoms with E-state index < -0.39 is 0 Å². The molecule has 23 heavy (non-hydrogen) atoms. The van der Waals surface area contributed by atoms with Crippen LogP contribution in [-0.2, 0) is 4.89 Å². The molecule has 0 spiro atoms. The lowest BCUT2D eigenvalue weighted by molar-refractivity contribution is -0.251. The Labute approximate surface area is 143 Å². The summed E-state index contributed by atoms with van der Waals surface area (Å²) in [5.74, 6) is 0.514. The summed E-state index contributed by atoms with van der Waals surface area (Å²) in [5, 5.41) is 8.53. The van der Waals surface area contributed by atoms with Gasteiger partial charge in [0.25, 0.3) is 0 Å². The van der Waals surface area contributed by atoms with Gasteiger partial charge in [-0.05, 0) is 31.6 Å². The summed E-state index contributed by atoms with van der Waals surface area (Å²) in [6.45, 7) is 4.85. The van der Waals surface area contributed by atoms with Gasteiger partial charge in [0.15, 0.2) is 0 Å². The second-order valence-corrected chi connectivity index (χ2v) is 6.84. The first-order valence-corrected chi connectivity index (χ1v) is 9.55. The fourth-order valence-corrected chi connectivity index (χ4v) is 3.31. The number of unbranched alkanes of at least 4 members (excludes halogenated alkanes) is 4. The minimum absolute atomic E-state index is 0.181. The van der Waals surface area contributed by atoms with Crippen LogP contribution in [0.4, 0.5) is 0 Å². The van der Waals surface area contributed by atoms with Crippen molar-refractivity contribution in [2.24, 2.45) is 11.3 Å². The highest BCUT2D eigenvalue weighted by atomic mass is 17.1. The van der Waals surface area contributed by atoms with Gasteiger partial charge in [-0.3, -0.25) is 5.26 Å². The Bertz CT molecular complexity index is 356. The van der Waals surface area contributed by atoms with E-state index in [-0.39, 0.29) is 5.41 Å². The van der Waals surface area contributed by atoms with E-state index in [0.29, 0.717) is 12.5 Å². The molecule has 0 bridgehead atoms. The maximum Gasteiger partial charge on any atom is 0.0847 e. The number of rotatable bonds is 13. The average molecular weight is 321 g/mol. The predicted molar refractivity (Wildman–Crippen MR) is 99.4 cm³/mol. The number of hydrogen-bond donors (Lipinski definition) is 1. The Hall–Kier alpha value is -0.860. The van der Waals surface area contributed by atoms with Crippen LogP contribution in [0.15, 0.2) is 36.5 Å². The Morgan fingerprint density at radius 1 is 1.09 bits per heavy atom. The zero-order chi connectivity index (χ0) is 16.8. The third-order valence-electron chi connectivity index (χ3n) is 4.90. The normalized spacial score (nSPS) is 17.9. The van der Waals surface area contributed by atoms with Crippen LogP contribution in [0.2, 0.25) is 0 Å². The molecule has 0 aromatic rings. The van der Waals surface area contributed by atoms with Crippen molar-refractivity contribution in [1.82, 2.24) is 0 Å². The van der Waals surface area contributed by atoms with E-state index in [1.165, 1.54) is 44.9 Å². The molecule has 0 aliphatic heterocycles. The van der Waals surface area contributed by atoms with E-state index in [0.717, 1.165) is 19.3 Å². The van der Waals surface area contributed by atoms with Gasteiger partial charge in [-0.2, -0.15) is 0 Å². The standard InChI is InChI=1S/C21H36O2/c1-3-5-15-21(17-12-9-13-18-21)16-11-8-6-7-10-14-20(4-2)19-23-22/h5,12-13,15,17-18,20,22H,3-4,6-11,14,16,19H2,1-2H3/b15-5-. The zero-order valence-corrected chi connectivity index (χ0v) is 15.2. The monoisotopic (exact) mass is 320 g/mol. The lowest BCUT2D eigenvalue weighted by Crippen LogP contribution is -2.13. The van der Waals surface area contributed by atoms with Crippen molar-refractivity contribution in [3.8, 4) is 0 Å². The quantitative estimate of drug-likeness (QED) is 0.177. The van der Waals surface area contributed by atoms with Crippen LogP contribution >= 0.6 is 0 Å². The number of allylic oxidation sites excluding steroid dienone is 6. The molecule has 1 aliphatic rings. The first-order valence-electron chi connectivity index (χ1n) is 9.55. The molecule has 0 fully saturated rings. The lowest BCUT2D eigenvalue weighted by atomic mass is 9.79. The molecule has 0 heterocycles. The summed E-state index contributed by atoms with van der Waals surface area (Å²) in [7, 11) is 0. The van der Waals surface area contributed by atoms with Crippen LogP contribution in [0, 0.1) is 11.3 Å². The summed E-state index contributed by atoms with van der Waals surface area (Å²) in [6, 6.07) is 0. The van der Waals surface area contributed by atoms with Gasteiger partial charge < -0.3 is 0 Å². The van der Waals surface area contributed by atoms with Crippen LogP contribution in [0.3, 0.4) is 0 Å². The second kappa shape index (κ2) is 12.5. The Kier molecular flexibility index (Phi) is 11.0. The van der Waals surface area contributed by atoms with E-state index in [1.54, 1.807) is 0 Å². The van der Waals surface area contributed by atoms with Crippen molar-refractivity contribution in [1.29, 1.82) is 0 Å². The molecule has 2 heteroatoms. The summed E-state index contributed by atoms with van der Waals surface area (Å²) < 4.78 is 0. The molecule has 0 saturated carbocycles. The predicted octanol–water partition coefficient (Wildman–Crippen LogP) is 6.70. The fraction of sp³-hybridized carbons (Fsp3) is 0.714. The Morgan fingerprint density at radius 2 is 1.78 bits per heavy atom. The zero-order valence-electron chi connectivity index (χ0n) is 15.2. The molecule has 1 unspecified atom stereocenters. The van der Waals surface area contributed by atoms with Crippen molar-refractivity contribution in [2.75, 3.05) is 6.61 Å². The molecule has 132 valence electrons. The molecule has 0 aromatic carbocycles. The van der Waals surface area contributed by atoms with Crippen LogP contribution in [0.1, 0.15) is 78.1 Å². The van der Waals surface area contributed by atoms with E-state index >= 15 is 0 Å². The van der Waals surface area contributed by atoms with Crippen molar-refractivity contribution in [3.63, 3.8) is 0 Å². The summed E-state index contributed by atoms with van der Waals surface area (Å²) in [5.41, 5.74) is 0.181. The van der Waals surface area contributed by atoms with Crippen molar-refractivity contribution in [3.05, 3.63) is 36.5 Å². The molecule has 2 nitrogen and oxygen atoms in total. The molecule has 0 radical (unpaired) electrons. The molecule has 1 rings (SSSR count). The molecular weight excluding hydrogens is 284 g/mol. The van der Waals surface area contributed by atoms with E-state index in [9.17, 15) is 0 Å². The second-order valence-electron chi connectivity index (χ2n) is 6.84. The van der Waals surface area contributed by atoms with Gasteiger partial charge in [0.1, 0.15) is 0 Å². The van der Waals surface area contributed by atoms with Crippen LogP contribution in [-0.4, -0.2) is 11.9 Å². The number of hydrogen-bond acceptors (Lipinski definition) is 2. The minimum atomic E-state index is 0.181. The lowest BCUT2D eigenvalue weighted by Gasteiger charge is -2.26. The molecule has 0 amide bonds. The van der Waals surface area contributed by atoms with Crippen molar-refractivity contribution < 1.29 is 10.1 Å². The van der Waals surface area contributed by atoms with Gasteiger partial charge in [-0.25, -0.2) is 4.89 Å². The highest BCUT2D eigenvalue weighted by Crippen LogP contribution is 2.33. The summed E-state index contributed by atoms with van der Waals surface area (Å²) >= 11 is 0. The highest BCUT2D eigenvalue weighted by molar-refractivity contribution is 5.25. The third kappa shape index (κ3) is 8.53. The highest BCUT2D eigenvalue weighted by Gasteiger charge is 2.20. The topological polar surface area (TPSA) is 29.5 Å². The largest absolute Gasteiger partial charge is 0.252 e. The SMILES string of the molecule is CC/C=C\C1(CCCCCCCC(CC)COO)C=CCC=C1. The molecule has 0 saturated heterocycles. The average Bonchev–Trinajstić information content (AvgIpc) is 2.59. The smallest absolute Gasteiger partial charge is 0.0847 e. The van der Waals surface area contributed by atoms with Crippen molar-refractivity contribution >= 4 is 0 Å². The Balaban J connectivity index is 2.17. The minimum Gasteiger partial charge on any atom is -0.252 e. The summed E-state index contributed by atoms with van der Waals surface area (Å²) in [4.78, 5) is 4.28. The summed E-state index contributed by atoms with van der Waals surface area (Å²) in [6.07, 6.45) is 26.2. The van der Waals surface area contributed by atoms with Crippen LogP contribution < -0.4 is 0 Å². The first-order chi connectivity index (χ1) is 11.3. The van der Waals surface area contributed by atoms with Crippen LogP contribution in [0.25, 0.3) is 0 Å². The van der Waals surface area contributed by atoms with Crippen LogP contribution in [0.5, 0.6) is 0 Å². The van der Waals surface area contributed by atoms with Crippen molar-refractivity contribution in [2.45, 2.75) is 78.1 Å². The van der Waals surface area contributed by atoms with E-state index in [4.69, 9.17) is 5.26 Å². The first kappa shape index (κ1) is 20.2. The molecular formula is C21H36O2. The Morgan fingerprint density at radius 3 is 2.43 bits per heavy atom. The fourth-order valence-electron chi connectivity index (χ4n) is 3.31. The van der Waals surface area contributed by atoms with Gasteiger partial charge in [0.05, 0.1) is 6.61 Å². The van der Waals surface area contributed by atoms with Gasteiger partial charge >= 0.3 is 0 Å². The van der Waals surface area contributed by atoms with Gasteiger partial charge in [-0.15, -0.1) is 0 Å². The molecule has 1 atom stereocenters. The van der Waals surface area contributed by atoms with E-state index in [2.05, 4.69) is 55.2 Å². The van der Waals surface area contributed by atoms with E-state index in [1.807, 2.05) is 0 Å². The van der Waals surface area contributed by atoms with Gasteiger partial charge in [0.2, 0.25) is 0 Å². The molecule has 1 N–H and O–H groups in total. The maximum absolute atomic E-state index is 8.53. The third-order valence-corrected chi connectivity index (χ3v) is 4.90. The maximum atomic E-state index is 8.53. The molecule has 1 aliphatic carbocycles. The van der Waals surface area contributed by atoms with Gasteiger partial charge in [0, 0.05) is 5.41 Å².